The Morgan fingerprint density at radius 2 is 2.00 bits per heavy atom. The first-order valence-electron chi connectivity index (χ1n) is 5.01. The van der Waals surface area contributed by atoms with E-state index < -0.39 is 17.6 Å². The maximum absolute atomic E-state index is 13.3. The molecule has 0 aliphatic rings. The molecule has 0 N–H and O–H groups in total. The van der Waals surface area contributed by atoms with Crippen molar-refractivity contribution in [2.24, 2.45) is 0 Å². The van der Waals surface area contributed by atoms with Crippen LogP contribution >= 0.6 is 15.9 Å². The largest absolute Gasteiger partial charge is 0.466 e. The fraction of sp³-hybridized carbons (Fsp3) is 0.250. The van der Waals surface area contributed by atoms with Crippen LogP contribution in [-0.2, 0) is 9.53 Å². The third kappa shape index (κ3) is 4.26. The Hall–Kier alpha value is -1.23. The molecule has 1 aromatic carbocycles. The number of carbonyl (C=O) groups excluding carboxylic acids is 1. The van der Waals surface area contributed by atoms with Crippen molar-refractivity contribution in [3.8, 4) is 0 Å². The highest BCUT2D eigenvalue weighted by molar-refractivity contribution is 9.10. The predicted molar refractivity (Wildman–Crippen MR) is 64.3 cm³/mol. The van der Waals surface area contributed by atoms with Crippen LogP contribution in [0.2, 0.25) is 0 Å². The lowest BCUT2D eigenvalue weighted by Crippen LogP contribution is -2.01. The van der Waals surface area contributed by atoms with Crippen molar-refractivity contribution in [2.75, 3.05) is 6.61 Å². The SMILES string of the molecule is CCOC(=O)CC=Cc1c(F)cc(Br)cc1F. The minimum Gasteiger partial charge on any atom is -0.466 e. The summed E-state index contributed by atoms with van der Waals surface area (Å²) in [6.07, 6.45) is 2.59. The Kier molecular flexibility index (Phi) is 5.28. The molecule has 0 bridgehead atoms. The van der Waals surface area contributed by atoms with Crippen LogP contribution < -0.4 is 0 Å². The molecule has 0 heterocycles. The molecule has 5 heteroatoms. The quantitative estimate of drug-likeness (QED) is 0.793. The highest BCUT2D eigenvalue weighted by atomic mass is 79.9. The average molecular weight is 305 g/mol. The van der Waals surface area contributed by atoms with Gasteiger partial charge in [0.25, 0.3) is 0 Å². The first kappa shape index (κ1) is 13.8. The number of carbonyl (C=O) groups is 1. The lowest BCUT2D eigenvalue weighted by atomic mass is 10.1. The second-order valence-electron chi connectivity index (χ2n) is 3.19. The van der Waals surface area contributed by atoms with Crippen LogP contribution in [0.25, 0.3) is 6.08 Å². The summed E-state index contributed by atoms with van der Waals surface area (Å²) in [6, 6.07) is 2.32. The van der Waals surface area contributed by atoms with E-state index in [4.69, 9.17) is 0 Å². The molecule has 0 aromatic heterocycles. The third-order valence-electron chi connectivity index (χ3n) is 1.92. The van der Waals surface area contributed by atoms with Crippen LogP contribution in [0.15, 0.2) is 22.7 Å². The molecule has 0 unspecified atom stereocenters. The monoisotopic (exact) mass is 304 g/mol. The van der Waals surface area contributed by atoms with Crippen molar-refractivity contribution < 1.29 is 18.3 Å². The topological polar surface area (TPSA) is 26.3 Å². The smallest absolute Gasteiger partial charge is 0.309 e. The van der Waals surface area contributed by atoms with E-state index in [1.54, 1.807) is 6.92 Å². The Morgan fingerprint density at radius 1 is 1.41 bits per heavy atom. The number of rotatable bonds is 4. The molecule has 17 heavy (non-hydrogen) atoms. The van der Waals surface area contributed by atoms with E-state index in [-0.39, 0.29) is 18.6 Å². The number of benzene rings is 1. The number of hydrogen-bond donors (Lipinski definition) is 0. The van der Waals surface area contributed by atoms with E-state index >= 15 is 0 Å². The summed E-state index contributed by atoms with van der Waals surface area (Å²) in [6.45, 7) is 1.98. The summed E-state index contributed by atoms with van der Waals surface area (Å²) in [5, 5.41) is 0. The van der Waals surface area contributed by atoms with Gasteiger partial charge in [-0.2, -0.15) is 0 Å². The second kappa shape index (κ2) is 6.49. The normalized spacial score (nSPS) is 10.8. The maximum atomic E-state index is 13.3. The number of halogens is 3. The van der Waals surface area contributed by atoms with Crippen LogP contribution in [-0.4, -0.2) is 12.6 Å². The summed E-state index contributed by atoms with van der Waals surface area (Å²) in [5.74, 6) is -1.80. The molecule has 0 saturated carbocycles. The van der Waals surface area contributed by atoms with Crippen LogP contribution in [0, 0.1) is 11.6 Å². The Balaban J connectivity index is 2.75. The molecule has 0 amide bonds. The Bertz CT molecular complexity index is 421. The first-order valence-corrected chi connectivity index (χ1v) is 5.80. The van der Waals surface area contributed by atoms with Gasteiger partial charge in [-0.05, 0) is 19.1 Å². The fourth-order valence-electron chi connectivity index (χ4n) is 1.21. The number of esters is 1. The minimum atomic E-state index is -0.683. The van der Waals surface area contributed by atoms with E-state index in [9.17, 15) is 13.6 Å². The van der Waals surface area contributed by atoms with Crippen LogP contribution in [0.1, 0.15) is 18.9 Å². The fourth-order valence-corrected chi connectivity index (χ4v) is 1.61. The van der Waals surface area contributed by atoms with Crippen LogP contribution in [0.3, 0.4) is 0 Å². The lowest BCUT2D eigenvalue weighted by Gasteiger charge is -2.01. The Morgan fingerprint density at radius 3 is 2.53 bits per heavy atom. The zero-order valence-electron chi connectivity index (χ0n) is 9.17. The maximum Gasteiger partial charge on any atom is 0.309 e. The highest BCUT2D eigenvalue weighted by Gasteiger charge is 2.07. The second-order valence-corrected chi connectivity index (χ2v) is 4.11. The zero-order valence-corrected chi connectivity index (χ0v) is 10.8. The van der Waals surface area contributed by atoms with Gasteiger partial charge in [-0.25, -0.2) is 8.78 Å². The molecule has 0 atom stereocenters. The van der Waals surface area contributed by atoms with Gasteiger partial charge < -0.3 is 4.74 Å². The van der Waals surface area contributed by atoms with Gasteiger partial charge in [0.1, 0.15) is 11.6 Å². The van der Waals surface area contributed by atoms with E-state index in [1.807, 2.05) is 0 Å². The standard InChI is InChI=1S/C12H11BrF2O2/c1-2-17-12(16)5-3-4-9-10(14)6-8(13)7-11(9)15/h3-4,6-7H,2,5H2,1H3. The molecule has 0 fully saturated rings. The molecular formula is C12H11BrF2O2. The molecule has 0 radical (unpaired) electrons. The van der Waals surface area contributed by atoms with Crippen molar-refractivity contribution >= 4 is 28.0 Å². The molecule has 0 aliphatic heterocycles. The molecule has 0 spiro atoms. The molecule has 0 aliphatic carbocycles. The molecule has 92 valence electrons. The average Bonchev–Trinajstić information content (AvgIpc) is 2.22. The minimum absolute atomic E-state index is 0.0111. The van der Waals surface area contributed by atoms with Gasteiger partial charge in [0, 0.05) is 10.0 Å². The predicted octanol–water partition coefficient (Wildman–Crippen LogP) is 3.69. The lowest BCUT2D eigenvalue weighted by molar-refractivity contribution is -0.142. The van der Waals surface area contributed by atoms with Gasteiger partial charge in [-0.3, -0.25) is 4.79 Å². The molecule has 2 nitrogen and oxygen atoms in total. The van der Waals surface area contributed by atoms with E-state index in [0.717, 1.165) is 12.1 Å². The Labute approximate surface area is 106 Å². The molecular weight excluding hydrogens is 294 g/mol. The zero-order chi connectivity index (χ0) is 12.8. The van der Waals surface area contributed by atoms with Crippen LogP contribution in [0.5, 0.6) is 0 Å². The summed E-state index contributed by atoms with van der Waals surface area (Å²) in [5.41, 5.74) is -0.169. The van der Waals surface area contributed by atoms with Crippen molar-refractivity contribution in [1.29, 1.82) is 0 Å². The summed E-state index contributed by atoms with van der Waals surface area (Å²) >= 11 is 2.98. The van der Waals surface area contributed by atoms with E-state index in [1.165, 1.54) is 12.2 Å². The molecule has 0 saturated heterocycles. The van der Waals surface area contributed by atoms with Gasteiger partial charge >= 0.3 is 5.97 Å². The number of hydrogen-bond acceptors (Lipinski definition) is 2. The summed E-state index contributed by atoms with van der Waals surface area (Å²) in [4.78, 5) is 11.0. The first-order chi connectivity index (χ1) is 8.04. The van der Waals surface area contributed by atoms with Gasteiger partial charge in [0.2, 0.25) is 0 Å². The van der Waals surface area contributed by atoms with Crippen molar-refractivity contribution in [3.63, 3.8) is 0 Å². The van der Waals surface area contributed by atoms with Crippen molar-refractivity contribution in [2.45, 2.75) is 13.3 Å². The van der Waals surface area contributed by atoms with Gasteiger partial charge in [-0.15, -0.1) is 0 Å². The molecule has 1 rings (SSSR count). The third-order valence-corrected chi connectivity index (χ3v) is 2.38. The summed E-state index contributed by atoms with van der Waals surface area (Å²) in [7, 11) is 0. The van der Waals surface area contributed by atoms with Crippen LogP contribution in [0.4, 0.5) is 8.78 Å². The van der Waals surface area contributed by atoms with E-state index in [2.05, 4.69) is 20.7 Å². The van der Waals surface area contributed by atoms with Gasteiger partial charge in [0.15, 0.2) is 0 Å². The van der Waals surface area contributed by atoms with Gasteiger partial charge in [0.05, 0.1) is 13.0 Å². The van der Waals surface area contributed by atoms with Crippen molar-refractivity contribution in [1.82, 2.24) is 0 Å². The molecule has 1 aromatic rings. The highest BCUT2D eigenvalue weighted by Crippen LogP contribution is 2.20. The van der Waals surface area contributed by atoms with Crippen molar-refractivity contribution in [3.05, 3.63) is 39.9 Å². The summed E-state index contributed by atoms with van der Waals surface area (Å²) < 4.78 is 31.7. The number of ether oxygens (including phenoxy) is 1. The van der Waals surface area contributed by atoms with Gasteiger partial charge in [-0.1, -0.05) is 28.1 Å². The van der Waals surface area contributed by atoms with E-state index in [0.29, 0.717) is 4.47 Å².